The van der Waals surface area contributed by atoms with E-state index in [4.69, 9.17) is 4.52 Å². The van der Waals surface area contributed by atoms with Crippen LogP contribution in [0.25, 0.3) is 10.9 Å². The van der Waals surface area contributed by atoms with Crippen molar-refractivity contribution in [2.45, 2.75) is 26.8 Å². The van der Waals surface area contributed by atoms with Gasteiger partial charge in [-0.25, -0.2) is 0 Å². The van der Waals surface area contributed by atoms with E-state index in [0.717, 1.165) is 46.8 Å². The fourth-order valence-electron chi connectivity index (χ4n) is 2.87. The van der Waals surface area contributed by atoms with Crippen LogP contribution in [0.1, 0.15) is 22.6 Å². The van der Waals surface area contributed by atoms with Crippen LogP contribution in [0, 0.1) is 13.8 Å². The Hall–Kier alpha value is -2.16. The highest BCUT2D eigenvalue weighted by atomic mass is 127. The van der Waals surface area contributed by atoms with E-state index >= 15 is 0 Å². The number of aromatic nitrogens is 2. The predicted molar refractivity (Wildman–Crippen MR) is 115 cm³/mol. The zero-order chi connectivity index (χ0) is 17.6. The Labute approximate surface area is 170 Å². The molecule has 2 heterocycles. The Balaban J connectivity index is 0.00000243. The third kappa shape index (κ3) is 4.72. The predicted octanol–water partition coefficient (Wildman–Crippen LogP) is 3.37. The number of hydrogen-bond donors (Lipinski definition) is 2. The van der Waals surface area contributed by atoms with E-state index in [1.165, 1.54) is 5.56 Å². The molecule has 2 aromatic heterocycles. The fourth-order valence-corrected chi connectivity index (χ4v) is 2.87. The largest absolute Gasteiger partial charge is 0.361 e. The quantitative estimate of drug-likeness (QED) is 0.344. The van der Waals surface area contributed by atoms with Crippen LogP contribution in [-0.4, -0.2) is 29.7 Å². The number of para-hydroxylation sites is 1. The van der Waals surface area contributed by atoms with Gasteiger partial charge in [0.15, 0.2) is 5.96 Å². The zero-order valence-corrected chi connectivity index (χ0v) is 17.6. The number of aryl methyl sites for hydroxylation is 2. The van der Waals surface area contributed by atoms with E-state index in [9.17, 15) is 0 Å². The number of fused-ring (bicyclic) bond motifs is 1. The molecule has 7 heteroatoms. The van der Waals surface area contributed by atoms with Crippen LogP contribution in [0.15, 0.2) is 46.0 Å². The summed E-state index contributed by atoms with van der Waals surface area (Å²) < 4.78 is 5.20. The van der Waals surface area contributed by atoms with Gasteiger partial charge in [-0.05, 0) is 38.0 Å². The third-order valence-corrected chi connectivity index (χ3v) is 4.26. The van der Waals surface area contributed by atoms with Crippen molar-refractivity contribution in [2.75, 3.05) is 13.6 Å². The molecule has 0 aliphatic rings. The Kier molecular flexibility index (Phi) is 7.38. The lowest BCUT2D eigenvalue weighted by Gasteiger charge is -2.13. The molecule has 26 heavy (non-hydrogen) atoms. The van der Waals surface area contributed by atoms with Gasteiger partial charge in [0, 0.05) is 37.3 Å². The molecule has 0 amide bonds. The maximum Gasteiger partial charge on any atom is 0.191 e. The standard InChI is InChI=1S/C19H23N5O.HI/c1-13-16(14(2)25-24-13)9-11-22-19(20-3)23-12-15-8-10-21-18-7-5-4-6-17(15)18;/h4-8,10H,9,11-12H2,1-3H3,(H2,20,22,23);1H. The van der Waals surface area contributed by atoms with E-state index in [1.807, 2.05) is 44.3 Å². The third-order valence-electron chi connectivity index (χ3n) is 4.26. The number of nitrogens with one attached hydrogen (secondary N) is 2. The first-order valence-electron chi connectivity index (χ1n) is 8.38. The summed E-state index contributed by atoms with van der Waals surface area (Å²) in [6, 6.07) is 10.2. The highest BCUT2D eigenvalue weighted by molar-refractivity contribution is 14.0. The first-order chi connectivity index (χ1) is 12.2. The van der Waals surface area contributed by atoms with E-state index in [0.29, 0.717) is 6.54 Å². The average molecular weight is 465 g/mol. The van der Waals surface area contributed by atoms with E-state index in [2.05, 4.69) is 31.8 Å². The van der Waals surface area contributed by atoms with Gasteiger partial charge in [0.2, 0.25) is 0 Å². The summed E-state index contributed by atoms with van der Waals surface area (Å²) >= 11 is 0. The van der Waals surface area contributed by atoms with Crippen molar-refractivity contribution in [3.05, 3.63) is 59.1 Å². The van der Waals surface area contributed by atoms with E-state index in [1.54, 1.807) is 7.05 Å². The van der Waals surface area contributed by atoms with Gasteiger partial charge in [0.1, 0.15) is 5.76 Å². The van der Waals surface area contributed by atoms with Crippen molar-refractivity contribution in [2.24, 2.45) is 4.99 Å². The smallest absolute Gasteiger partial charge is 0.191 e. The van der Waals surface area contributed by atoms with Crippen LogP contribution in [0.5, 0.6) is 0 Å². The van der Waals surface area contributed by atoms with Gasteiger partial charge in [-0.3, -0.25) is 9.98 Å². The SMILES string of the molecule is CN=C(NCCc1c(C)noc1C)NCc1ccnc2ccccc12.I. The summed E-state index contributed by atoms with van der Waals surface area (Å²) in [7, 11) is 1.77. The van der Waals surface area contributed by atoms with Crippen LogP contribution in [0.4, 0.5) is 0 Å². The molecule has 0 spiro atoms. The lowest BCUT2D eigenvalue weighted by Crippen LogP contribution is -2.38. The van der Waals surface area contributed by atoms with Crippen LogP contribution >= 0.6 is 24.0 Å². The monoisotopic (exact) mass is 465 g/mol. The first-order valence-corrected chi connectivity index (χ1v) is 8.38. The summed E-state index contributed by atoms with van der Waals surface area (Å²) in [5, 5.41) is 11.8. The maximum atomic E-state index is 5.20. The lowest BCUT2D eigenvalue weighted by molar-refractivity contribution is 0.392. The molecule has 0 aliphatic heterocycles. The summed E-state index contributed by atoms with van der Waals surface area (Å²) in [6.07, 6.45) is 2.69. The molecule has 0 radical (unpaired) electrons. The fraction of sp³-hybridized carbons (Fsp3) is 0.316. The topological polar surface area (TPSA) is 75.3 Å². The van der Waals surface area contributed by atoms with Crippen molar-refractivity contribution < 1.29 is 4.52 Å². The zero-order valence-electron chi connectivity index (χ0n) is 15.2. The van der Waals surface area contributed by atoms with Gasteiger partial charge in [-0.2, -0.15) is 0 Å². The Morgan fingerprint density at radius 2 is 1.96 bits per heavy atom. The Bertz CT molecular complexity index is 866. The molecule has 0 fully saturated rings. The molecule has 3 rings (SSSR count). The van der Waals surface area contributed by atoms with Gasteiger partial charge < -0.3 is 15.2 Å². The van der Waals surface area contributed by atoms with E-state index in [-0.39, 0.29) is 24.0 Å². The second kappa shape index (κ2) is 9.51. The summed E-state index contributed by atoms with van der Waals surface area (Å²) in [4.78, 5) is 8.68. The van der Waals surface area contributed by atoms with Gasteiger partial charge in [-0.1, -0.05) is 23.4 Å². The number of pyridine rings is 1. The number of nitrogens with zero attached hydrogens (tertiary/aromatic N) is 3. The summed E-state index contributed by atoms with van der Waals surface area (Å²) in [6.45, 7) is 5.36. The molecule has 0 aliphatic carbocycles. The molecule has 6 nitrogen and oxygen atoms in total. The molecule has 0 atom stereocenters. The van der Waals surface area contributed by atoms with Crippen molar-refractivity contribution in [1.82, 2.24) is 20.8 Å². The summed E-state index contributed by atoms with van der Waals surface area (Å²) in [5.41, 5.74) is 4.30. The molecule has 3 aromatic rings. The number of benzene rings is 1. The van der Waals surface area contributed by atoms with Gasteiger partial charge in [0.05, 0.1) is 11.2 Å². The molecule has 138 valence electrons. The van der Waals surface area contributed by atoms with Crippen LogP contribution < -0.4 is 10.6 Å². The van der Waals surface area contributed by atoms with Crippen molar-refractivity contribution in [3.63, 3.8) is 0 Å². The van der Waals surface area contributed by atoms with Gasteiger partial charge in [0.25, 0.3) is 0 Å². The minimum atomic E-state index is 0. The Morgan fingerprint density at radius 1 is 1.15 bits per heavy atom. The molecular weight excluding hydrogens is 441 g/mol. The first kappa shape index (κ1) is 20.2. The molecule has 0 bridgehead atoms. The number of halogens is 1. The highest BCUT2D eigenvalue weighted by Gasteiger charge is 2.09. The molecule has 0 saturated heterocycles. The molecule has 0 saturated carbocycles. The molecule has 0 unspecified atom stereocenters. The number of aliphatic imine (C=N–C) groups is 1. The van der Waals surface area contributed by atoms with Gasteiger partial charge in [-0.15, -0.1) is 24.0 Å². The second-order valence-electron chi connectivity index (χ2n) is 5.89. The average Bonchev–Trinajstić information content (AvgIpc) is 2.96. The van der Waals surface area contributed by atoms with Crippen molar-refractivity contribution in [1.29, 1.82) is 0 Å². The number of guanidine groups is 1. The number of rotatable bonds is 5. The normalized spacial score (nSPS) is 11.3. The van der Waals surface area contributed by atoms with Crippen LogP contribution in [0.2, 0.25) is 0 Å². The van der Waals surface area contributed by atoms with Gasteiger partial charge >= 0.3 is 0 Å². The van der Waals surface area contributed by atoms with Crippen LogP contribution in [0.3, 0.4) is 0 Å². The molecule has 1 aromatic carbocycles. The van der Waals surface area contributed by atoms with Crippen LogP contribution in [-0.2, 0) is 13.0 Å². The van der Waals surface area contributed by atoms with Crippen molar-refractivity contribution in [3.8, 4) is 0 Å². The molecular formula is C19H24IN5O. The molecule has 2 N–H and O–H groups in total. The summed E-state index contributed by atoms with van der Waals surface area (Å²) in [5.74, 6) is 1.65. The highest BCUT2D eigenvalue weighted by Crippen LogP contribution is 2.15. The minimum Gasteiger partial charge on any atom is -0.361 e. The van der Waals surface area contributed by atoms with Crippen molar-refractivity contribution >= 4 is 40.8 Å². The minimum absolute atomic E-state index is 0. The van der Waals surface area contributed by atoms with E-state index < -0.39 is 0 Å². The number of hydrogen-bond acceptors (Lipinski definition) is 4. The lowest BCUT2D eigenvalue weighted by atomic mass is 10.1. The Morgan fingerprint density at radius 3 is 2.69 bits per heavy atom. The maximum absolute atomic E-state index is 5.20. The second-order valence-corrected chi connectivity index (χ2v) is 5.89.